The standard InChI is InChI=1S/C21H23ClFN3/c1-15-20(14-25(3)12-17-7-6-9-19(23)11-17)16(2)26(24-15)13-18-8-4-5-10-21(18)22/h4-11H,12-14H2,1-3H3. The zero-order valence-corrected chi connectivity index (χ0v) is 16.1. The van der Waals surface area contributed by atoms with Gasteiger partial charge in [0.2, 0.25) is 0 Å². The zero-order chi connectivity index (χ0) is 18.7. The first-order valence-electron chi connectivity index (χ1n) is 8.63. The molecule has 0 N–H and O–H groups in total. The van der Waals surface area contributed by atoms with Crippen molar-refractivity contribution < 1.29 is 4.39 Å². The third kappa shape index (κ3) is 4.32. The first kappa shape index (κ1) is 18.6. The number of aryl methyl sites for hydroxylation is 1. The lowest BCUT2D eigenvalue weighted by atomic mass is 10.1. The molecule has 0 spiro atoms. The minimum absolute atomic E-state index is 0.198. The van der Waals surface area contributed by atoms with Gasteiger partial charge in [-0.1, -0.05) is 41.9 Å². The highest BCUT2D eigenvalue weighted by Gasteiger charge is 2.14. The summed E-state index contributed by atoms with van der Waals surface area (Å²) >= 11 is 6.28. The van der Waals surface area contributed by atoms with Gasteiger partial charge in [0.05, 0.1) is 12.2 Å². The van der Waals surface area contributed by atoms with Crippen LogP contribution in [0.25, 0.3) is 0 Å². The van der Waals surface area contributed by atoms with Crippen LogP contribution in [0.3, 0.4) is 0 Å². The van der Waals surface area contributed by atoms with Crippen LogP contribution < -0.4 is 0 Å². The Bertz CT molecular complexity index is 904. The van der Waals surface area contributed by atoms with E-state index < -0.39 is 0 Å². The molecule has 0 saturated carbocycles. The van der Waals surface area contributed by atoms with Crippen molar-refractivity contribution in [1.29, 1.82) is 0 Å². The van der Waals surface area contributed by atoms with Gasteiger partial charge in [0, 0.05) is 29.4 Å². The van der Waals surface area contributed by atoms with Gasteiger partial charge in [-0.15, -0.1) is 0 Å². The van der Waals surface area contributed by atoms with E-state index >= 15 is 0 Å². The van der Waals surface area contributed by atoms with Crippen molar-refractivity contribution >= 4 is 11.6 Å². The predicted molar refractivity (Wildman–Crippen MR) is 104 cm³/mol. The number of hydrogen-bond acceptors (Lipinski definition) is 2. The summed E-state index contributed by atoms with van der Waals surface area (Å²) in [6, 6.07) is 14.6. The molecule has 0 aliphatic heterocycles. The van der Waals surface area contributed by atoms with Gasteiger partial charge in [-0.25, -0.2) is 4.39 Å². The van der Waals surface area contributed by atoms with Crippen molar-refractivity contribution in [2.75, 3.05) is 7.05 Å². The Morgan fingerprint density at radius 3 is 2.58 bits per heavy atom. The molecule has 3 nitrogen and oxygen atoms in total. The van der Waals surface area contributed by atoms with Crippen molar-refractivity contribution in [2.24, 2.45) is 0 Å². The van der Waals surface area contributed by atoms with Crippen LogP contribution in [-0.4, -0.2) is 21.7 Å². The second-order valence-electron chi connectivity index (χ2n) is 6.70. The van der Waals surface area contributed by atoms with Gasteiger partial charge in [-0.05, 0) is 50.2 Å². The molecule has 0 aliphatic carbocycles. The lowest BCUT2D eigenvalue weighted by molar-refractivity contribution is 0.317. The Balaban J connectivity index is 1.74. The molecule has 0 amide bonds. The topological polar surface area (TPSA) is 21.1 Å². The summed E-state index contributed by atoms with van der Waals surface area (Å²) in [5, 5.41) is 5.45. The van der Waals surface area contributed by atoms with Gasteiger partial charge in [0.15, 0.2) is 0 Å². The van der Waals surface area contributed by atoms with E-state index in [1.54, 1.807) is 12.1 Å². The Hall–Kier alpha value is -2.17. The Labute approximate surface area is 159 Å². The first-order chi connectivity index (χ1) is 12.4. The second kappa shape index (κ2) is 8.02. The van der Waals surface area contributed by atoms with Crippen LogP contribution in [0.2, 0.25) is 5.02 Å². The average Bonchev–Trinajstić information content (AvgIpc) is 2.84. The molecular formula is C21H23ClFN3. The van der Waals surface area contributed by atoms with Crippen LogP contribution in [-0.2, 0) is 19.6 Å². The number of benzene rings is 2. The van der Waals surface area contributed by atoms with Gasteiger partial charge in [-0.3, -0.25) is 9.58 Å². The molecule has 0 bridgehead atoms. The van der Waals surface area contributed by atoms with Gasteiger partial charge in [0.1, 0.15) is 5.82 Å². The summed E-state index contributed by atoms with van der Waals surface area (Å²) in [6.07, 6.45) is 0. The number of aromatic nitrogens is 2. The normalized spacial score (nSPS) is 11.3. The van der Waals surface area contributed by atoms with Crippen molar-refractivity contribution in [1.82, 2.24) is 14.7 Å². The maximum atomic E-state index is 13.4. The van der Waals surface area contributed by atoms with Gasteiger partial charge in [0.25, 0.3) is 0 Å². The monoisotopic (exact) mass is 371 g/mol. The van der Waals surface area contributed by atoms with E-state index in [4.69, 9.17) is 16.7 Å². The predicted octanol–water partition coefficient (Wildman–Crippen LogP) is 4.97. The summed E-state index contributed by atoms with van der Waals surface area (Å²) in [7, 11) is 2.04. The van der Waals surface area contributed by atoms with Gasteiger partial charge in [-0.2, -0.15) is 5.10 Å². The molecule has 0 saturated heterocycles. The molecule has 1 aromatic heterocycles. The molecule has 0 fully saturated rings. The summed E-state index contributed by atoms with van der Waals surface area (Å²) in [4.78, 5) is 2.17. The average molecular weight is 372 g/mol. The fraction of sp³-hybridized carbons (Fsp3) is 0.286. The minimum Gasteiger partial charge on any atom is -0.298 e. The molecular weight excluding hydrogens is 349 g/mol. The lowest BCUT2D eigenvalue weighted by Gasteiger charge is -2.17. The van der Waals surface area contributed by atoms with Crippen molar-refractivity contribution in [3.63, 3.8) is 0 Å². The van der Waals surface area contributed by atoms with Crippen LogP contribution in [0, 0.1) is 19.7 Å². The van der Waals surface area contributed by atoms with E-state index in [-0.39, 0.29) is 5.82 Å². The molecule has 26 heavy (non-hydrogen) atoms. The fourth-order valence-corrected chi connectivity index (χ4v) is 3.37. The molecule has 0 atom stereocenters. The van der Waals surface area contributed by atoms with Crippen LogP contribution in [0.4, 0.5) is 4.39 Å². The number of nitrogens with zero attached hydrogens (tertiary/aromatic N) is 3. The van der Waals surface area contributed by atoms with E-state index in [0.29, 0.717) is 13.1 Å². The summed E-state index contributed by atoms with van der Waals surface area (Å²) < 4.78 is 15.4. The zero-order valence-electron chi connectivity index (χ0n) is 15.3. The maximum absolute atomic E-state index is 13.4. The van der Waals surface area contributed by atoms with Gasteiger partial charge >= 0.3 is 0 Å². The van der Waals surface area contributed by atoms with Crippen LogP contribution in [0.5, 0.6) is 0 Å². The molecule has 0 unspecified atom stereocenters. The summed E-state index contributed by atoms with van der Waals surface area (Å²) in [5.74, 6) is -0.198. The molecule has 136 valence electrons. The number of halogens is 2. The summed E-state index contributed by atoms with van der Waals surface area (Å²) in [6.45, 7) is 6.21. The highest BCUT2D eigenvalue weighted by Crippen LogP contribution is 2.21. The van der Waals surface area contributed by atoms with E-state index in [1.165, 1.54) is 11.6 Å². The molecule has 3 aromatic rings. The van der Waals surface area contributed by atoms with Crippen molar-refractivity contribution in [3.8, 4) is 0 Å². The Kier molecular flexibility index (Phi) is 5.74. The van der Waals surface area contributed by atoms with Crippen molar-refractivity contribution in [3.05, 3.63) is 87.4 Å². The Morgan fingerprint density at radius 1 is 1.08 bits per heavy atom. The minimum atomic E-state index is -0.198. The van der Waals surface area contributed by atoms with E-state index in [2.05, 4.69) is 11.8 Å². The lowest BCUT2D eigenvalue weighted by Crippen LogP contribution is -2.18. The Morgan fingerprint density at radius 2 is 1.85 bits per heavy atom. The second-order valence-corrected chi connectivity index (χ2v) is 7.11. The smallest absolute Gasteiger partial charge is 0.123 e. The molecule has 5 heteroatoms. The highest BCUT2D eigenvalue weighted by molar-refractivity contribution is 6.31. The third-order valence-corrected chi connectivity index (χ3v) is 4.95. The fourth-order valence-electron chi connectivity index (χ4n) is 3.18. The maximum Gasteiger partial charge on any atom is 0.123 e. The SMILES string of the molecule is Cc1nn(Cc2ccccc2Cl)c(C)c1CN(C)Cc1cccc(F)c1. The molecule has 1 heterocycles. The molecule has 2 aromatic carbocycles. The first-order valence-corrected chi connectivity index (χ1v) is 9.01. The van der Waals surface area contributed by atoms with E-state index in [0.717, 1.165) is 34.1 Å². The van der Waals surface area contributed by atoms with Crippen LogP contribution in [0.15, 0.2) is 48.5 Å². The largest absolute Gasteiger partial charge is 0.298 e. The quantitative estimate of drug-likeness (QED) is 0.609. The van der Waals surface area contributed by atoms with Crippen LogP contribution >= 0.6 is 11.6 Å². The summed E-state index contributed by atoms with van der Waals surface area (Å²) in [5.41, 5.74) is 5.37. The number of rotatable bonds is 6. The van der Waals surface area contributed by atoms with Crippen LogP contribution in [0.1, 0.15) is 28.1 Å². The molecule has 0 aliphatic rings. The molecule has 3 rings (SSSR count). The van der Waals surface area contributed by atoms with Gasteiger partial charge < -0.3 is 0 Å². The van der Waals surface area contributed by atoms with Crippen molar-refractivity contribution in [2.45, 2.75) is 33.5 Å². The third-order valence-electron chi connectivity index (χ3n) is 4.58. The van der Waals surface area contributed by atoms with E-state index in [1.807, 2.05) is 49.0 Å². The molecule has 0 radical (unpaired) electrons. The highest BCUT2D eigenvalue weighted by atomic mass is 35.5. The van der Waals surface area contributed by atoms with E-state index in [9.17, 15) is 4.39 Å². The number of hydrogen-bond donors (Lipinski definition) is 0.